The topological polar surface area (TPSA) is 72.8 Å². The van der Waals surface area contributed by atoms with Gasteiger partial charge in [0.05, 0.1) is 13.2 Å². The highest BCUT2D eigenvalue weighted by Gasteiger charge is 2.07. The first kappa shape index (κ1) is 13.5. The van der Waals surface area contributed by atoms with Crippen LogP contribution in [0.5, 0.6) is 0 Å². The Kier molecular flexibility index (Phi) is 5.45. The maximum atomic E-state index is 11.3. The van der Waals surface area contributed by atoms with E-state index in [-0.39, 0.29) is 19.1 Å². The van der Waals surface area contributed by atoms with E-state index in [2.05, 4.69) is 5.32 Å². The van der Waals surface area contributed by atoms with E-state index in [0.29, 0.717) is 18.7 Å². The van der Waals surface area contributed by atoms with Crippen molar-refractivity contribution in [3.8, 4) is 0 Å². The Bertz CT molecular complexity index is 345. The summed E-state index contributed by atoms with van der Waals surface area (Å²) in [5.74, 6) is -0.132. The Morgan fingerprint density at radius 1 is 1.18 bits per heavy atom. The molecule has 0 aliphatic heterocycles. The molecule has 94 valence electrons. The van der Waals surface area contributed by atoms with Crippen molar-refractivity contribution >= 4 is 11.6 Å². The summed E-state index contributed by atoms with van der Waals surface area (Å²) in [6.45, 7) is 0.966. The van der Waals surface area contributed by atoms with Gasteiger partial charge in [-0.25, -0.2) is 0 Å². The molecular formula is C12H18N2O3. The van der Waals surface area contributed by atoms with E-state index in [4.69, 9.17) is 10.2 Å². The minimum absolute atomic E-state index is 0.0250. The largest absolute Gasteiger partial charge is 0.395 e. The lowest BCUT2D eigenvalue weighted by Crippen LogP contribution is -2.29. The van der Waals surface area contributed by atoms with Crippen molar-refractivity contribution in [2.24, 2.45) is 0 Å². The summed E-state index contributed by atoms with van der Waals surface area (Å²) < 4.78 is 0. The summed E-state index contributed by atoms with van der Waals surface area (Å²) in [6.07, 6.45) is 0. The molecule has 1 aromatic carbocycles. The molecular weight excluding hydrogens is 220 g/mol. The van der Waals surface area contributed by atoms with E-state index >= 15 is 0 Å². The Labute approximate surface area is 101 Å². The van der Waals surface area contributed by atoms with Gasteiger partial charge in [-0.1, -0.05) is 0 Å². The van der Waals surface area contributed by atoms with E-state index in [1.54, 1.807) is 31.3 Å². The van der Waals surface area contributed by atoms with Crippen molar-refractivity contribution in [1.82, 2.24) is 5.32 Å². The number of benzene rings is 1. The Hall–Kier alpha value is -1.59. The number of anilines is 1. The van der Waals surface area contributed by atoms with Crippen LogP contribution in [0, 0.1) is 0 Å². The summed E-state index contributed by atoms with van der Waals surface area (Å²) in [5.41, 5.74) is 1.46. The van der Waals surface area contributed by atoms with Gasteiger partial charge in [-0.3, -0.25) is 4.79 Å². The highest BCUT2D eigenvalue weighted by molar-refractivity contribution is 5.94. The molecule has 0 fully saturated rings. The SMILES string of the molecule is CNC(=O)c1ccc(N(CCO)CCO)cc1. The van der Waals surface area contributed by atoms with Crippen molar-refractivity contribution in [1.29, 1.82) is 0 Å². The average Bonchev–Trinajstić information content (AvgIpc) is 2.38. The molecule has 5 heteroatoms. The summed E-state index contributed by atoms with van der Waals surface area (Å²) in [5, 5.41) is 20.4. The molecule has 1 aromatic rings. The van der Waals surface area contributed by atoms with Crippen molar-refractivity contribution < 1.29 is 15.0 Å². The molecule has 3 N–H and O–H groups in total. The van der Waals surface area contributed by atoms with Gasteiger partial charge in [-0.05, 0) is 24.3 Å². The van der Waals surface area contributed by atoms with Crippen LogP contribution in [0.1, 0.15) is 10.4 Å². The second-order valence-electron chi connectivity index (χ2n) is 3.56. The van der Waals surface area contributed by atoms with Crippen LogP contribution < -0.4 is 10.2 Å². The van der Waals surface area contributed by atoms with Gasteiger partial charge < -0.3 is 20.4 Å². The molecule has 0 radical (unpaired) electrons. The molecule has 0 saturated carbocycles. The zero-order valence-electron chi connectivity index (χ0n) is 9.89. The minimum Gasteiger partial charge on any atom is -0.395 e. The summed E-state index contributed by atoms with van der Waals surface area (Å²) >= 11 is 0. The number of aliphatic hydroxyl groups excluding tert-OH is 2. The average molecular weight is 238 g/mol. The fourth-order valence-corrected chi connectivity index (χ4v) is 1.58. The number of nitrogens with one attached hydrogen (secondary N) is 1. The van der Waals surface area contributed by atoms with Crippen LogP contribution in [-0.2, 0) is 0 Å². The molecule has 0 heterocycles. The van der Waals surface area contributed by atoms with E-state index in [0.717, 1.165) is 5.69 Å². The third kappa shape index (κ3) is 3.72. The normalized spacial score (nSPS) is 10.1. The smallest absolute Gasteiger partial charge is 0.251 e. The Balaban J connectivity index is 2.80. The van der Waals surface area contributed by atoms with Gasteiger partial charge in [-0.15, -0.1) is 0 Å². The van der Waals surface area contributed by atoms with E-state index in [9.17, 15) is 4.79 Å². The summed E-state index contributed by atoms with van der Waals surface area (Å²) in [4.78, 5) is 13.2. The molecule has 5 nitrogen and oxygen atoms in total. The molecule has 0 aliphatic carbocycles. The molecule has 0 saturated heterocycles. The number of hydrogen-bond acceptors (Lipinski definition) is 4. The molecule has 17 heavy (non-hydrogen) atoms. The summed E-state index contributed by atoms with van der Waals surface area (Å²) in [6, 6.07) is 7.04. The fraction of sp³-hybridized carbons (Fsp3) is 0.417. The maximum Gasteiger partial charge on any atom is 0.251 e. The van der Waals surface area contributed by atoms with Gasteiger partial charge in [0.2, 0.25) is 0 Å². The van der Waals surface area contributed by atoms with Crippen LogP contribution >= 0.6 is 0 Å². The number of hydrogen-bond donors (Lipinski definition) is 3. The second kappa shape index (κ2) is 6.88. The summed E-state index contributed by atoms with van der Waals surface area (Å²) in [7, 11) is 1.58. The first-order chi connectivity index (χ1) is 8.22. The quantitative estimate of drug-likeness (QED) is 0.644. The minimum atomic E-state index is -0.132. The highest BCUT2D eigenvalue weighted by atomic mass is 16.3. The van der Waals surface area contributed by atoms with E-state index in [1.165, 1.54) is 0 Å². The van der Waals surface area contributed by atoms with Crippen LogP contribution in [0.3, 0.4) is 0 Å². The molecule has 0 spiro atoms. The van der Waals surface area contributed by atoms with E-state index in [1.807, 2.05) is 4.90 Å². The van der Waals surface area contributed by atoms with Crippen molar-refractivity contribution in [2.45, 2.75) is 0 Å². The van der Waals surface area contributed by atoms with Gasteiger partial charge in [0.1, 0.15) is 0 Å². The zero-order valence-corrected chi connectivity index (χ0v) is 9.89. The maximum absolute atomic E-state index is 11.3. The van der Waals surface area contributed by atoms with Crippen molar-refractivity contribution in [3.05, 3.63) is 29.8 Å². The first-order valence-corrected chi connectivity index (χ1v) is 5.51. The lowest BCUT2D eigenvalue weighted by atomic mass is 10.2. The molecule has 0 aliphatic rings. The molecule has 0 atom stereocenters. The molecule has 0 bridgehead atoms. The van der Waals surface area contributed by atoms with Gasteiger partial charge in [0.25, 0.3) is 5.91 Å². The Morgan fingerprint density at radius 3 is 2.12 bits per heavy atom. The van der Waals surface area contributed by atoms with Crippen LogP contribution in [0.2, 0.25) is 0 Å². The lowest BCUT2D eigenvalue weighted by Gasteiger charge is -2.22. The van der Waals surface area contributed by atoms with Crippen LogP contribution in [0.4, 0.5) is 5.69 Å². The number of rotatable bonds is 6. The number of nitrogens with zero attached hydrogens (tertiary/aromatic N) is 1. The van der Waals surface area contributed by atoms with Gasteiger partial charge >= 0.3 is 0 Å². The first-order valence-electron chi connectivity index (χ1n) is 5.51. The molecule has 0 unspecified atom stereocenters. The fourth-order valence-electron chi connectivity index (χ4n) is 1.58. The third-order valence-corrected chi connectivity index (χ3v) is 2.46. The third-order valence-electron chi connectivity index (χ3n) is 2.46. The zero-order chi connectivity index (χ0) is 12.7. The number of carbonyl (C=O) groups excluding carboxylic acids is 1. The molecule has 0 aromatic heterocycles. The number of carbonyl (C=O) groups is 1. The lowest BCUT2D eigenvalue weighted by molar-refractivity contribution is 0.0963. The van der Waals surface area contributed by atoms with Gasteiger partial charge in [0, 0.05) is 31.4 Å². The Morgan fingerprint density at radius 2 is 1.71 bits per heavy atom. The van der Waals surface area contributed by atoms with Gasteiger partial charge in [0.15, 0.2) is 0 Å². The number of amides is 1. The van der Waals surface area contributed by atoms with Crippen molar-refractivity contribution in [2.75, 3.05) is 38.3 Å². The molecule has 1 rings (SSSR count). The van der Waals surface area contributed by atoms with Crippen LogP contribution in [0.15, 0.2) is 24.3 Å². The second-order valence-corrected chi connectivity index (χ2v) is 3.56. The standard InChI is InChI=1S/C12H18N2O3/c1-13-12(17)10-2-4-11(5-3-10)14(6-8-15)7-9-16/h2-5,15-16H,6-9H2,1H3,(H,13,17). The van der Waals surface area contributed by atoms with Crippen LogP contribution in [-0.4, -0.2) is 49.5 Å². The predicted molar refractivity (Wildman–Crippen MR) is 66.2 cm³/mol. The monoisotopic (exact) mass is 238 g/mol. The predicted octanol–water partition coefficient (Wildman–Crippen LogP) is -0.163. The molecule has 1 amide bonds. The van der Waals surface area contributed by atoms with Crippen LogP contribution in [0.25, 0.3) is 0 Å². The number of aliphatic hydroxyl groups is 2. The highest BCUT2D eigenvalue weighted by Crippen LogP contribution is 2.14. The van der Waals surface area contributed by atoms with E-state index < -0.39 is 0 Å². The van der Waals surface area contributed by atoms with Crippen molar-refractivity contribution in [3.63, 3.8) is 0 Å². The van der Waals surface area contributed by atoms with Gasteiger partial charge in [-0.2, -0.15) is 0 Å².